The first-order valence-corrected chi connectivity index (χ1v) is 13.0. The second kappa shape index (κ2) is 10.1. The third-order valence-corrected chi connectivity index (χ3v) is 8.22. The molecule has 0 N–H and O–H groups in total. The second-order valence-electron chi connectivity index (χ2n) is 8.06. The van der Waals surface area contributed by atoms with E-state index in [4.69, 9.17) is 4.74 Å². The van der Waals surface area contributed by atoms with E-state index in [-0.39, 0.29) is 11.6 Å². The van der Waals surface area contributed by atoms with Crippen LogP contribution < -0.4 is 4.31 Å². The zero-order valence-electron chi connectivity index (χ0n) is 18.3. The van der Waals surface area contributed by atoms with Crippen molar-refractivity contribution < 1.29 is 26.3 Å². The number of aromatic nitrogens is 2. The van der Waals surface area contributed by atoms with Crippen LogP contribution in [0.5, 0.6) is 0 Å². The van der Waals surface area contributed by atoms with Crippen molar-refractivity contribution in [2.75, 3.05) is 18.1 Å². The van der Waals surface area contributed by atoms with Crippen molar-refractivity contribution in [2.24, 2.45) is 0 Å². The highest BCUT2D eigenvalue weighted by Gasteiger charge is 2.33. The van der Waals surface area contributed by atoms with E-state index >= 15 is 4.39 Å². The van der Waals surface area contributed by atoms with E-state index in [1.165, 1.54) is 31.7 Å². The van der Waals surface area contributed by atoms with Crippen LogP contribution in [0.15, 0.2) is 52.0 Å². The lowest BCUT2D eigenvalue weighted by Crippen LogP contribution is -2.34. The summed E-state index contributed by atoms with van der Waals surface area (Å²) in [5, 5.41) is 4.57. The Kier molecular flexibility index (Phi) is 7.34. The van der Waals surface area contributed by atoms with Crippen molar-refractivity contribution in [2.45, 2.75) is 43.0 Å². The first kappa shape index (κ1) is 24.7. The summed E-state index contributed by atoms with van der Waals surface area (Å²) in [6, 6.07) is 7.03. The SMILES string of the molecule is COCN(c1cccc(-c2nn(C3CCCCC3)cc2Br)c1F)S(=O)(=O)c1c(F)cccc1F. The fourth-order valence-corrected chi connectivity index (χ4v) is 6.20. The average Bonchev–Trinajstić information content (AvgIpc) is 3.19. The Morgan fingerprint density at radius 3 is 2.38 bits per heavy atom. The molecule has 1 aliphatic carbocycles. The zero-order valence-corrected chi connectivity index (χ0v) is 20.8. The van der Waals surface area contributed by atoms with Gasteiger partial charge >= 0.3 is 0 Å². The minimum atomic E-state index is -4.84. The number of sulfonamides is 1. The van der Waals surface area contributed by atoms with Gasteiger partial charge in [0, 0.05) is 18.9 Å². The first-order chi connectivity index (χ1) is 16.3. The minimum absolute atomic E-state index is 0.0456. The molecule has 1 aliphatic rings. The number of rotatable bonds is 7. The molecule has 1 aromatic heterocycles. The Hall–Kier alpha value is -2.37. The van der Waals surface area contributed by atoms with Gasteiger partial charge in [0.05, 0.1) is 16.2 Å². The van der Waals surface area contributed by atoms with Crippen LogP contribution in [0.3, 0.4) is 0 Å². The van der Waals surface area contributed by atoms with Gasteiger partial charge in [0.25, 0.3) is 10.0 Å². The molecule has 4 rings (SSSR count). The lowest BCUT2D eigenvalue weighted by Gasteiger charge is -2.25. The summed E-state index contributed by atoms with van der Waals surface area (Å²) in [5.41, 5.74) is -0.0675. The van der Waals surface area contributed by atoms with Crippen LogP contribution in [0.25, 0.3) is 11.3 Å². The van der Waals surface area contributed by atoms with Crippen LogP contribution in [-0.2, 0) is 14.8 Å². The van der Waals surface area contributed by atoms with Gasteiger partial charge in [-0.2, -0.15) is 5.10 Å². The number of benzene rings is 2. The van der Waals surface area contributed by atoms with E-state index in [0.717, 1.165) is 43.9 Å². The van der Waals surface area contributed by atoms with Crippen molar-refractivity contribution >= 4 is 31.6 Å². The molecule has 0 bridgehead atoms. The molecule has 11 heteroatoms. The largest absolute Gasteiger partial charge is 0.363 e. The van der Waals surface area contributed by atoms with Gasteiger partial charge in [-0.25, -0.2) is 25.9 Å². The molecule has 6 nitrogen and oxygen atoms in total. The van der Waals surface area contributed by atoms with Gasteiger partial charge in [-0.3, -0.25) is 4.68 Å². The van der Waals surface area contributed by atoms with Crippen LogP contribution in [0.2, 0.25) is 0 Å². The molecule has 0 unspecified atom stereocenters. The molecule has 0 aliphatic heterocycles. The highest BCUT2D eigenvalue weighted by atomic mass is 79.9. The summed E-state index contributed by atoms with van der Waals surface area (Å²) in [4.78, 5) is -1.18. The maximum atomic E-state index is 15.8. The average molecular weight is 558 g/mol. The molecule has 0 amide bonds. The molecule has 0 saturated heterocycles. The van der Waals surface area contributed by atoms with Crippen LogP contribution >= 0.6 is 15.9 Å². The summed E-state index contributed by atoms with van der Waals surface area (Å²) < 4.78 is 78.7. The molecule has 3 aromatic rings. The number of hydrogen-bond acceptors (Lipinski definition) is 4. The lowest BCUT2D eigenvalue weighted by atomic mass is 9.96. The molecule has 182 valence electrons. The molecule has 0 spiro atoms. The van der Waals surface area contributed by atoms with E-state index in [1.807, 2.05) is 4.68 Å². The topological polar surface area (TPSA) is 64.4 Å². The Bertz CT molecular complexity index is 1270. The quantitative estimate of drug-likeness (QED) is 0.332. The molecule has 1 heterocycles. The fourth-order valence-electron chi connectivity index (χ4n) is 4.20. The summed E-state index contributed by atoms with van der Waals surface area (Å²) in [5.74, 6) is -3.48. The van der Waals surface area contributed by atoms with Crippen molar-refractivity contribution in [3.63, 3.8) is 0 Å². The fraction of sp³-hybridized carbons (Fsp3) is 0.348. The van der Waals surface area contributed by atoms with Crippen molar-refractivity contribution in [3.8, 4) is 11.3 Å². The number of ether oxygens (including phenoxy) is 1. The Morgan fingerprint density at radius 1 is 1.09 bits per heavy atom. The van der Waals surface area contributed by atoms with Crippen molar-refractivity contribution in [1.82, 2.24) is 9.78 Å². The first-order valence-electron chi connectivity index (χ1n) is 10.7. The Morgan fingerprint density at radius 2 is 1.74 bits per heavy atom. The smallest absolute Gasteiger partial charge is 0.272 e. The van der Waals surface area contributed by atoms with Gasteiger partial charge in [-0.05, 0) is 53.0 Å². The molecular formula is C23H23BrF3N3O3S. The second-order valence-corrected chi connectivity index (χ2v) is 10.7. The lowest BCUT2D eigenvalue weighted by molar-refractivity contribution is 0.209. The highest BCUT2D eigenvalue weighted by Crippen LogP contribution is 2.37. The van der Waals surface area contributed by atoms with Gasteiger partial charge in [-0.15, -0.1) is 0 Å². The third kappa shape index (κ3) is 4.60. The monoisotopic (exact) mass is 557 g/mol. The van der Waals surface area contributed by atoms with E-state index in [0.29, 0.717) is 14.5 Å². The van der Waals surface area contributed by atoms with Crippen LogP contribution in [0.1, 0.15) is 38.1 Å². The van der Waals surface area contributed by atoms with E-state index < -0.39 is 44.8 Å². The molecule has 1 saturated carbocycles. The predicted octanol–water partition coefficient (Wildman–Crippen LogP) is 6.03. The highest BCUT2D eigenvalue weighted by molar-refractivity contribution is 9.10. The summed E-state index contributed by atoms with van der Waals surface area (Å²) in [6.07, 6.45) is 7.11. The summed E-state index contributed by atoms with van der Waals surface area (Å²) in [6.45, 7) is -0.659. The number of hydrogen-bond donors (Lipinski definition) is 0. The van der Waals surface area contributed by atoms with Gasteiger partial charge in [0.15, 0.2) is 10.7 Å². The van der Waals surface area contributed by atoms with E-state index in [2.05, 4.69) is 21.0 Å². The Balaban J connectivity index is 1.79. The molecular weight excluding hydrogens is 535 g/mol. The zero-order chi connectivity index (χ0) is 24.5. The number of methoxy groups -OCH3 is 1. The molecule has 1 fully saturated rings. The molecule has 34 heavy (non-hydrogen) atoms. The van der Waals surface area contributed by atoms with Crippen LogP contribution in [0.4, 0.5) is 18.9 Å². The van der Waals surface area contributed by atoms with E-state index in [9.17, 15) is 17.2 Å². The van der Waals surface area contributed by atoms with E-state index in [1.54, 1.807) is 6.20 Å². The molecule has 2 aromatic carbocycles. The van der Waals surface area contributed by atoms with Crippen molar-refractivity contribution in [3.05, 3.63) is 64.5 Å². The van der Waals surface area contributed by atoms with Crippen LogP contribution in [-0.4, -0.2) is 32.0 Å². The predicted molar refractivity (Wildman–Crippen MR) is 125 cm³/mol. The van der Waals surface area contributed by atoms with Gasteiger partial charge in [0.1, 0.15) is 24.1 Å². The van der Waals surface area contributed by atoms with Gasteiger partial charge < -0.3 is 4.74 Å². The maximum Gasteiger partial charge on any atom is 0.272 e. The summed E-state index contributed by atoms with van der Waals surface area (Å²) in [7, 11) is -3.64. The Labute approximate surface area is 204 Å². The van der Waals surface area contributed by atoms with Gasteiger partial charge in [-0.1, -0.05) is 31.4 Å². The third-order valence-electron chi connectivity index (χ3n) is 5.85. The maximum absolute atomic E-state index is 15.8. The number of halogens is 4. The van der Waals surface area contributed by atoms with Crippen molar-refractivity contribution in [1.29, 1.82) is 0 Å². The number of nitrogens with zero attached hydrogens (tertiary/aromatic N) is 3. The number of anilines is 1. The molecule has 0 atom stereocenters. The van der Waals surface area contributed by atoms with Gasteiger partial charge in [0.2, 0.25) is 0 Å². The summed E-state index contributed by atoms with van der Waals surface area (Å²) >= 11 is 3.44. The van der Waals surface area contributed by atoms with Crippen LogP contribution in [0, 0.1) is 17.5 Å². The molecule has 0 radical (unpaired) electrons. The minimum Gasteiger partial charge on any atom is -0.363 e. The normalized spacial score (nSPS) is 15.0. The standard InChI is InChI=1S/C23H23BrF3N3O3S/c1-33-14-30(34(31,32)23-18(25)10-6-11-19(23)26)20-12-5-9-16(21(20)27)22-17(24)13-29(28-22)15-7-3-2-4-8-15/h5-6,9-13,15H,2-4,7-8,14H2,1H3.